The molecule has 11 heteroatoms. The Bertz CT molecular complexity index is 1610. The number of nitrogens with zero attached hydrogens (tertiary/aromatic N) is 7. The summed E-state index contributed by atoms with van der Waals surface area (Å²) in [6.07, 6.45) is 11.0. The Balaban J connectivity index is 1.30. The highest BCUT2D eigenvalue weighted by Gasteiger charge is 2.34. The SMILES string of the molecule is CN(C)C/C=C/C(=O)Nc1cccc(N2C(=O)N(Cc3ccccc3)Cc3cnc(Nc4cnn(C5CC5)c4)nc32)c1. The molecule has 1 saturated carbocycles. The summed E-state index contributed by atoms with van der Waals surface area (Å²) >= 11 is 0. The van der Waals surface area contributed by atoms with Crippen LogP contribution in [0, 0.1) is 0 Å². The summed E-state index contributed by atoms with van der Waals surface area (Å²) in [5, 5.41) is 10.6. The molecule has 11 nitrogen and oxygen atoms in total. The Hall–Kier alpha value is -5.03. The summed E-state index contributed by atoms with van der Waals surface area (Å²) in [6.45, 7) is 1.46. The van der Waals surface area contributed by atoms with E-state index in [9.17, 15) is 9.59 Å². The third kappa shape index (κ3) is 6.31. The van der Waals surface area contributed by atoms with E-state index in [1.54, 1.807) is 40.4 Å². The first kappa shape index (κ1) is 27.2. The van der Waals surface area contributed by atoms with Crippen molar-refractivity contribution < 1.29 is 9.59 Å². The largest absolute Gasteiger partial charge is 0.330 e. The molecule has 42 heavy (non-hydrogen) atoms. The van der Waals surface area contributed by atoms with Gasteiger partial charge in [-0.05, 0) is 50.7 Å². The Morgan fingerprint density at radius 3 is 2.69 bits per heavy atom. The van der Waals surface area contributed by atoms with Crippen LogP contribution in [0.2, 0.25) is 0 Å². The number of likely N-dealkylation sites (N-methyl/N-ethyl adjacent to an activating group) is 1. The van der Waals surface area contributed by atoms with Crippen molar-refractivity contribution in [2.24, 2.45) is 0 Å². The Morgan fingerprint density at radius 1 is 1.07 bits per heavy atom. The van der Waals surface area contributed by atoms with Crippen LogP contribution < -0.4 is 15.5 Å². The number of carbonyl (C=O) groups excluding carboxylic acids is 2. The lowest BCUT2D eigenvalue weighted by atomic mass is 10.1. The summed E-state index contributed by atoms with van der Waals surface area (Å²) in [7, 11) is 3.87. The fraction of sp³-hybridized carbons (Fsp3) is 0.258. The summed E-state index contributed by atoms with van der Waals surface area (Å²) in [4.78, 5) is 41.2. The molecule has 1 fully saturated rings. The van der Waals surface area contributed by atoms with Gasteiger partial charge in [-0.3, -0.25) is 9.48 Å². The number of anilines is 5. The van der Waals surface area contributed by atoms with Gasteiger partial charge < -0.3 is 20.4 Å². The van der Waals surface area contributed by atoms with Crippen LogP contribution in [0.1, 0.15) is 30.0 Å². The highest BCUT2D eigenvalue weighted by atomic mass is 16.2. The van der Waals surface area contributed by atoms with Gasteiger partial charge in [-0.15, -0.1) is 0 Å². The van der Waals surface area contributed by atoms with Crippen molar-refractivity contribution in [1.29, 1.82) is 0 Å². The predicted octanol–water partition coefficient (Wildman–Crippen LogP) is 5.08. The normalized spacial score (nSPS) is 14.9. The van der Waals surface area contributed by atoms with Crippen LogP contribution in [-0.4, -0.2) is 62.1 Å². The molecule has 214 valence electrons. The Labute approximate surface area is 244 Å². The minimum absolute atomic E-state index is 0.216. The molecule has 0 spiro atoms. The topological polar surface area (TPSA) is 112 Å². The van der Waals surface area contributed by atoms with Gasteiger partial charge in [-0.1, -0.05) is 42.5 Å². The molecule has 1 aliphatic carbocycles. The van der Waals surface area contributed by atoms with Gasteiger partial charge in [0.15, 0.2) is 5.82 Å². The minimum Gasteiger partial charge on any atom is -0.322 e. The minimum atomic E-state index is -0.245. The number of hydrogen-bond acceptors (Lipinski definition) is 7. The van der Waals surface area contributed by atoms with E-state index in [1.807, 2.05) is 72.3 Å². The zero-order valence-corrected chi connectivity index (χ0v) is 23.6. The Kier molecular flexibility index (Phi) is 7.65. The molecule has 1 aliphatic heterocycles. The van der Waals surface area contributed by atoms with Crippen LogP contribution in [-0.2, 0) is 17.9 Å². The maximum Gasteiger partial charge on any atom is 0.330 e. The number of carbonyl (C=O) groups is 2. The molecule has 2 aromatic heterocycles. The second kappa shape index (κ2) is 11.8. The van der Waals surface area contributed by atoms with Crippen LogP contribution in [0.15, 0.2) is 85.3 Å². The van der Waals surface area contributed by atoms with Crippen LogP contribution in [0.4, 0.5) is 33.6 Å². The maximum atomic E-state index is 14.0. The molecule has 3 heterocycles. The third-order valence-corrected chi connectivity index (χ3v) is 6.98. The molecule has 0 atom stereocenters. The van der Waals surface area contributed by atoms with Gasteiger partial charge in [0.25, 0.3) is 0 Å². The maximum absolute atomic E-state index is 14.0. The summed E-state index contributed by atoms with van der Waals surface area (Å²) < 4.78 is 1.95. The number of urea groups is 1. The van der Waals surface area contributed by atoms with E-state index in [4.69, 9.17) is 4.98 Å². The molecule has 6 rings (SSSR count). The molecule has 0 unspecified atom stereocenters. The van der Waals surface area contributed by atoms with Crippen LogP contribution in [0.25, 0.3) is 0 Å². The number of fused-ring (bicyclic) bond motifs is 1. The Morgan fingerprint density at radius 2 is 1.90 bits per heavy atom. The van der Waals surface area contributed by atoms with Crippen molar-refractivity contribution in [3.05, 3.63) is 96.5 Å². The molecule has 4 aromatic rings. The van der Waals surface area contributed by atoms with Gasteiger partial charge in [0.05, 0.1) is 30.2 Å². The predicted molar refractivity (Wildman–Crippen MR) is 162 cm³/mol. The molecular formula is C31H33N9O2. The molecule has 2 aromatic carbocycles. The summed E-state index contributed by atoms with van der Waals surface area (Å²) in [6, 6.07) is 17.3. The number of nitrogens with one attached hydrogen (secondary N) is 2. The number of hydrogen-bond donors (Lipinski definition) is 2. The molecule has 0 saturated heterocycles. The smallest absolute Gasteiger partial charge is 0.322 e. The third-order valence-electron chi connectivity index (χ3n) is 6.98. The van der Waals surface area contributed by atoms with Crippen LogP contribution >= 0.6 is 0 Å². The highest BCUT2D eigenvalue weighted by Crippen LogP contribution is 2.37. The van der Waals surface area contributed by atoms with Gasteiger partial charge in [-0.25, -0.2) is 14.7 Å². The molecule has 0 radical (unpaired) electrons. The standard InChI is InChI=1S/C31H33N9O2/c1-37(2)15-7-12-28(41)34-24-10-6-11-27(16-24)40-29-23(20-38(31(40)42)19-22-8-4-3-5-9-22)17-32-30(36-29)35-25-18-33-39(21-25)26-13-14-26/h3-12,16-18,21,26H,13-15,19-20H2,1-2H3,(H,34,41)(H,32,35,36)/b12-7+. The molecular weight excluding hydrogens is 530 g/mol. The lowest BCUT2D eigenvalue weighted by Crippen LogP contribution is -2.45. The van der Waals surface area contributed by atoms with Gasteiger partial charge in [0.2, 0.25) is 11.9 Å². The van der Waals surface area contributed by atoms with E-state index in [1.165, 1.54) is 6.08 Å². The van der Waals surface area contributed by atoms with Gasteiger partial charge in [-0.2, -0.15) is 10.1 Å². The highest BCUT2D eigenvalue weighted by molar-refractivity contribution is 6.03. The number of rotatable bonds is 10. The van der Waals surface area contributed by atoms with E-state index in [-0.39, 0.29) is 11.9 Å². The van der Waals surface area contributed by atoms with E-state index >= 15 is 0 Å². The summed E-state index contributed by atoms with van der Waals surface area (Å²) in [5.41, 5.74) is 3.77. The van der Waals surface area contributed by atoms with Gasteiger partial charge in [0, 0.05) is 42.8 Å². The first-order chi connectivity index (χ1) is 20.4. The van der Waals surface area contributed by atoms with Crippen molar-refractivity contribution >= 4 is 40.8 Å². The average Bonchev–Trinajstić information content (AvgIpc) is 3.72. The van der Waals surface area contributed by atoms with E-state index < -0.39 is 0 Å². The summed E-state index contributed by atoms with van der Waals surface area (Å²) in [5.74, 6) is 0.616. The second-order valence-corrected chi connectivity index (χ2v) is 10.8. The van der Waals surface area contributed by atoms with Crippen molar-refractivity contribution in [2.45, 2.75) is 32.0 Å². The zero-order valence-electron chi connectivity index (χ0n) is 23.6. The lowest BCUT2D eigenvalue weighted by molar-refractivity contribution is -0.111. The number of benzene rings is 2. The van der Waals surface area contributed by atoms with Gasteiger partial charge >= 0.3 is 6.03 Å². The van der Waals surface area contributed by atoms with E-state index in [2.05, 4.69) is 20.7 Å². The van der Waals surface area contributed by atoms with Crippen LogP contribution in [0.5, 0.6) is 0 Å². The second-order valence-electron chi connectivity index (χ2n) is 10.8. The molecule has 3 amide bonds. The van der Waals surface area contributed by atoms with Crippen LogP contribution in [0.3, 0.4) is 0 Å². The van der Waals surface area contributed by atoms with Crippen molar-refractivity contribution in [3.8, 4) is 0 Å². The monoisotopic (exact) mass is 563 g/mol. The molecule has 0 bridgehead atoms. The first-order valence-corrected chi connectivity index (χ1v) is 14.0. The lowest BCUT2D eigenvalue weighted by Gasteiger charge is -2.36. The van der Waals surface area contributed by atoms with Crippen molar-refractivity contribution in [3.63, 3.8) is 0 Å². The quantitative estimate of drug-likeness (QED) is 0.259. The fourth-order valence-electron chi connectivity index (χ4n) is 4.78. The van der Waals surface area contributed by atoms with Gasteiger partial charge in [0.1, 0.15) is 0 Å². The fourth-order valence-corrected chi connectivity index (χ4v) is 4.78. The first-order valence-electron chi connectivity index (χ1n) is 14.0. The van der Waals surface area contributed by atoms with E-state index in [0.29, 0.717) is 48.8 Å². The average molecular weight is 564 g/mol. The van der Waals surface area contributed by atoms with Crippen molar-refractivity contribution in [1.82, 2.24) is 29.5 Å². The molecule has 2 aliphatic rings. The van der Waals surface area contributed by atoms with E-state index in [0.717, 1.165) is 29.7 Å². The number of aromatic nitrogens is 4. The molecule has 2 N–H and O–H groups in total. The zero-order chi connectivity index (χ0) is 29.1. The van der Waals surface area contributed by atoms with Crippen molar-refractivity contribution in [2.75, 3.05) is 36.2 Å². The number of amides is 3.